The Bertz CT molecular complexity index is 923. The predicted molar refractivity (Wildman–Crippen MR) is 99.9 cm³/mol. The number of nitrogens with zero attached hydrogens (tertiary/aromatic N) is 3. The minimum atomic E-state index is 0.0277. The van der Waals surface area contributed by atoms with Gasteiger partial charge in [-0.2, -0.15) is 5.10 Å². The number of benzene rings is 1. The van der Waals surface area contributed by atoms with Crippen LogP contribution in [-0.2, 0) is 6.42 Å². The third-order valence-corrected chi connectivity index (χ3v) is 4.65. The van der Waals surface area contributed by atoms with Gasteiger partial charge in [0.1, 0.15) is 0 Å². The van der Waals surface area contributed by atoms with E-state index >= 15 is 0 Å². The zero-order chi connectivity index (χ0) is 18.1. The molecule has 0 aliphatic heterocycles. The largest absolute Gasteiger partial charge is 0.341 e. The maximum absolute atomic E-state index is 13.0. The molecule has 5 heteroatoms. The molecule has 3 rings (SSSR count). The number of H-pyrrole nitrogens is 1. The molecule has 130 valence electrons. The number of aromatic nitrogens is 3. The molecule has 0 saturated carbocycles. The first-order valence-corrected chi connectivity index (χ1v) is 8.50. The van der Waals surface area contributed by atoms with Crippen LogP contribution in [0.2, 0.25) is 0 Å². The van der Waals surface area contributed by atoms with Crippen LogP contribution in [0, 0.1) is 27.7 Å². The lowest BCUT2D eigenvalue weighted by molar-refractivity contribution is 0.0798. The highest BCUT2D eigenvalue weighted by molar-refractivity contribution is 6.06. The van der Waals surface area contributed by atoms with E-state index in [1.54, 1.807) is 4.90 Å². The van der Waals surface area contributed by atoms with E-state index in [0.717, 1.165) is 40.0 Å². The van der Waals surface area contributed by atoms with E-state index in [9.17, 15) is 4.79 Å². The van der Waals surface area contributed by atoms with Crippen LogP contribution in [0.15, 0.2) is 24.3 Å². The van der Waals surface area contributed by atoms with Gasteiger partial charge in [0.25, 0.3) is 5.91 Å². The molecule has 1 amide bonds. The van der Waals surface area contributed by atoms with Crippen LogP contribution in [0.25, 0.3) is 10.9 Å². The Kier molecular flexibility index (Phi) is 4.57. The molecular formula is C20H24N4O. The number of likely N-dealkylation sites (N-methyl/N-ethyl adjacent to an activating group) is 1. The fourth-order valence-corrected chi connectivity index (χ4v) is 3.18. The molecule has 0 aliphatic carbocycles. The van der Waals surface area contributed by atoms with Gasteiger partial charge in [0, 0.05) is 30.4 Å². The topological polar surface area (TPSA) is 61.9 Å². The molecule has 2 heterocycles. The highest BCUT2D eigenvalue weighted by atomic mass is 16.2. The first kappa shape index (κ1) is 17.1. The minimum Gasteiger partial charge on any atom is -0.341 e. The Labute approximate surface area is 148 Å². The number of hydrogen-bond acceptors (Lipinski definition) is 3. The van der Waals surface area contributed by atoms with Gasteiger partial charge in [0.05, 0.1) is 16.8 Å². The maximum atomic E-state index is 13.0. The third-order valence-electron chi connectivity index (χ3n) is 4.65. The third kappa shape index (κ3) is 3.40. The van der Waals surface area contributed by atoms with E-state index in [0.29, 0.717) is 12.1 Å². The number of carbonyl (C=O) groups is 1. The smallest absolute Gasteiger partial charge is 0.254 e. The summed E-state index contributed by atoms with van der Waals surface area (Å²) >= 11 is 0. The Morgan fingerprint density at radius 2 is 1.92 bits per heavy atom. The predicted octanol–water partition coefficient (Wildman–Crippen LogP) is 3.51. The van der Waals surface area contributed by atoms with E-state index in [1.165, 1.54) is 5.56 Å². The number of aryl methyl sites for hydroxylation is 4. The molecule has 0 atom stereocenters. The molecule has 2 aromatic heterocycles. The summed E-state index contributed by atoms with van der Waals surface area (Å²) in [5, 5.41) is 8.14. The lowest BCUT2D eigenvalue weighted by Crippen LogP contribution is -2.29. The van der Waals surface area contributed by atoms with Crippen molar-refractivity contribution in [3.05, 3.63) is 58.0 Å². The number of pyridine rings is 1. The number of hydrogen-bond donors (Lipinski definition) is 1. The van der Waals surface area contributed by atoms with Crippen molar-refractivity contribution in [2.75, 3.05) is 13.6 Å². The molecule has 0 unspecified atom stereocenters. The first-order valence-electron chi connectivity index (χ1n) is 8.50. The summed E-state index contributed by atoms with van der Waals surface area (Å²) in [5.41, 5.74) is 6.82. The highest BCUT2D eigenvalue weighted by Gasteiger charge is 2.17. The van der Waals surface area contributed by atoms with Crippen LogP contribution in [-0.4, -0.2) is 39.6 Å². The average molecular weight is 336 g/mol. The molecular weight excluding hydrogens is 312 g/mol. The molecule has 0 bridgehead atoms. The first-order chi connectivity index (χ1) is 11.9. The van der Waals surface area contributed by atoms with Crippen molar-refractivity contribution in [3.63, 3.8) is 0 Å². The number of rotatable bonds is 4. The van der Waals surface area contributed by atoms with Gasteiger partial charge in [-0.3, -0.25) is 14.9 Å². The molecule has 0 spiro atoms. The van der Waals surface area contributed by atoms with Crippen LogP contribution >= 0.6 is 0 Å². The number of aromatic amines is 1. The summed E-state index contributed by atoms with van der Waals surface area (Å²) in [6.07, 6.45) is 0.789. The van der Waals surface area contributed by atoms with E-state index in [-0.39, 0.29) is 5.91 Å². The van der Waals surface area contributed by atoms with Gasteiger partial charge in [0.2, 0.25) is 0 Å². The summed E-state index contributed by atoms with van der Waals surface area (Å²) in [7, 11) is 1.85. The normalized spacial score (nSPS) is 11.1. The number of amides is 1. The summed E-state index contributed by atoms with van der Waals surface area (Å²) in [5.74, 6) is 0.0277. The maximum Gasteiger partial charge on any atom is 0.254 e. The van der Waals surface area contributed by atoms with Crippen molar-refractivity contribution in [1.82, 2.24) is 20.1 Å². The van der Waals surface area contributed by atoms with Crippen molar-refractivity contribution in [3.8, 4) is 0 Å². The van der Waals surface area contributed by atoms with Gasteiger partial charge in [-0.25, -0.2) is 0 Å². The second-order valence-corrected chi connectivity index (χ2v) is 6.72. The molecule has 0 aliphatic rings. The summed E-state index contributed by atoms with van der Waals surface area (Å²) in [6.45, 7) is 8.60. The lowest BCUT2D eigenvalue weighted by atomic mass is 10.0. The Hall–Kier alpha value is -2.69. The number of fused-ring (bicyclic) bond motifs is 1. The molecule has 0 radical (unpaired) electrons. The van der Waals surface area contributed by atoms with E-state index < -0.39 is 0 Å². The fourth-order valence-electron chi connectivity index (χ4n) is 3.18. The van der Waals surface area contributed by atoms with Gasteiger partial charge < -0.3 is 4.90 Å². The van der Waals surface area contributed by atoms with Crippen LogP contribution in [0.1, 0.15) is 38.6 Å². The van der Waals surface area contributed by atoms with Gasteiger partial charge in [-0.15, -0.1) is 0 Å². The standard InChI is InChI=1S/C20H24N4O/c1-12-6-7-19-17(10-12)18(11-13(2)21-19)20(25)24(5)9-8-16-14(3)22-23-15(16)4/h6-7,10-11H,8-9H2,1-5H3,(H,22,23). The number of nitrogens with one attached hydrogen (secondary N) is 1. The Morgan fingerprint density at radius 1 is 1.16 bits per heavy atom. The molecule has 1 N–H and O–H groups in total. The van der Waals surface area contributed by atoms with Crippen molar-refractivity contribution in [1.29, 1.82) is 0 Å². The number of carbonyl (C=O) groups excluding carboxylic acids is 1. The quantitative estimate of drug-likeness (QED) is 0.793. The zero-order valence-electron chi connectivity index (χ0n) is 15.5. The zero-order valence-corrected chi connectivity index (χ0v) is 15.5. The Balaban J connectivity index is 1.87. The van der Waals surface area contributed by atoms with Gasteiger partial charge in [-0.05, 0) is 57.9 Å². The summed E-state index contributed by atoms with van der Waals surface area (Å²) in [4.78, 5) is 19.4. The van der Waals surface area contributed by atoms with Gasteiger partial charge in [0.15, 0.2) is 0 Å². The van der Waals surface area contributed by atoms with Gasteiger partial charge >= 0.3 is 0 Å². The lowest BCUT2D eigenvalue weighted by Gasteiger charge is -2.19. The molecule has 1 aromatic carbocycles. The second-order valence-electron chi connectivity index (χ2n) is 6.72. The van der Waals surface area contributed by atoms with Crippen molar-refractivity contribution in [2.24, 2.45) is 0 Å². The van der Waals surface area contributed by atoms with Crippen LogP contribution < -0.4 is 0 Å². The second kappa shape index (κ2) is 6.67. The monoisotopic (exact) mass is 336 g/mol. The SMILES string of the molecule is Cc1ccc2nc(C)cc(C(=O)N(C)CCc3c(C)n[nH]c3C)c2c1. The van der Waals surface area contributed by atoms with E-state index in [4.69, 9.17) is 0 Å². The van der Waals surface area contributed by atoms with Crippen molar-refractivity contribution < 1.29 is 4.79 Å². The van der Waals surface area contributed by atoms with Crippen molar-refractivity contribution >= 4 is 16.8 Å². The summed E-state index contributed by atoms with van der Waals surface area (Å²) < 4.78 is 0. The summed E-state index contributed by atoms with van der Waals surface area (Å²) in [6, 6.07) is 7.92. The Morgan fingerprint density at radius 3 is 2.60 bits per heavy atom. The van der Waals surface area contributed by atoms with Crippen LogP contribution in [0.5, 0.6) is 0 Å². The molecule has 0 saturated heterocycles. The average Bonchev–Trinajstić information content (AvgIpc) is 2.90. The van der Waals surface area contributed by atoms with E-state index in [2.05, 4.69) is 15.2 Å². The van der Waals surface area contributed by atoms with Crippen LogP contribution in [0.3, 0.4) is 0 Å². The molecule has 0 fully saturated rings. The van der Waals surface area contributed by atoms with Crippen molar-refractivity contribution in [2.45, 2.75) is 34.1 Å². The van der Waals surface area contributed by atoms with Crippen LogP contribution in [0.4, 0.5) is 0 Å². The minimum absolute atomic E-state index is 0.0277. The van der Waals surface area contributed by atoms with E-state index in [1.807, 2.05) is 59.0 Å². The molecule has 5 nitrogen and oxygen atoms in total. The highest BCUT2D eigenvalue weighted by Crippen LogP contribution is 2.21. The fraction of sp³-hybridized carbons (Fsp3) is 0.350. The molecule has 25 heavy (non-hydrogen) atoms. The molecule has 3 aromatic rings. The van der Waals surface area contributed by atoms with Gasteiger partial charge in [-0.1, -0.05) is 11.6 Å².